The van der Waals surface area contributed by atoms with Gasteiger partial charge in [-0.25, -0.2) is 0 Å². The first-order valence-corrected chi connectivity index (χ1v) is 4.91. The maximum Gasteiger partial charge on any atom is 0.131 e. The fourth-order valence-corrected chi connectivity index (χ4v) is 1.39. The minimum atomic E-state index is 0. The third kappa shape index (κ3) is 2.99. The van der Waals surface area contributed by atoms with Gasteiger partial charge in [-0.15, -0.1) is 12.4 Å². The molecule has 0 radical (unpaired) electrons. The van der Waals surface area contributed by atoms with Crippen molar-refractivity contribution in [3.05, 3.63) is 60.2 Å². The fourth-order valence-electron chi connectivity index (χ4n) is 1.39. The Morgan fingerprint density at radius 3 is 2.19 bits per heavy atom. The first kappa shape index (κ1) is 12.6. The molecule has 0 aliphatic heterocycles. The summed E-state index contributed by atoms with van der Waals surface area (Å²) in [6, 6.07) is 17.5. The van der Waals surface area contributed by atoms with Crippen molar-refractivity contribution in [2.24, 2.45) is 5.73 Å². The molecule has 2 aromatic rings. The molecule has 0 fully saturated rings. The molecule has 2 N–H and O–H groups in total. The van der Waals surface area contributed by atoms with Crippen molar-refractivity contribution in [3.63, 3.8) is 0 Å². The van der Waals surface area contributed by atoms with E-state index in [0.29, 0.717) is 6.54 Å². The Morgan fingerprint density at radius 1 is 0.875 bits per heavy atom. The Hall–Kier alpha value is -1.51. The highest BCUT2D eigenvalue weighted by Crippen LogP contribution is 2.24. The highest BCUT2D eigenvalue weighted by molar-refractivity contribution is 5.85. The minimum absolute atomic E-state index is 0. The van der Waals surface area contributed by atoms with Gasteiger partial charge in [0.1, 0.15) is 11.5 Å². The van der Waals surface area contributed by atoms with Crippen LogP contribution in [0.1, 0.15) is 5.56 Å². The lowest BCUT2D eigenvalue weighted by atomic mass is 10.2. The normalized spacial score (nSPS) is 9.31. The number of para-hydroxylation sites is 2. The molecular formula is C13H14ClNO. The summed E-state index contributed by atoms with van der Waals surface area (Å²) in [5.41, 5.74) is 6.64. The second-order valence-electron chi connectivity index (χ2n) is 3.23. The molecule has 0 saturated heterocycles. The SMILES string of the molecule is Cl.NCc1ccccc1Oc1ccccc1. The lowest BCUT2D eigenvalue weighted by Crippen LogP contribution is -1.98. The van der Waals surface area contributed by atoms with Crippen LogP contribution in [0.3, 0.4) is 0 Å². The second kappa shape index (κ2) is 6.16. The Balaban J connectivity index is 0.00000128. The molecule has 0 saturated carbocycles. The van der Waals surface area contributed by atoms with Crippen LogP contribution in [0.25, 0.3) is 0 Å². The zero-order valence-corrected chi connectivity index (χ0v) is 9.61. The maximum absolute atomic E-state index is 5.72. The summed E-state index contributed by atoms with van der Waals surface area (Å²) in [6.45, 7) is 0.489. The van der Waals surface area contributed by atoms with Crippen molar-refractivity contribution in [1.29, 1.82) is 0 Å². The molecule has 3 heteroatoms. The van der Waals surface area contributed by atoms with Crippen LogP contribution < -0.4 is 10.5 Å². The van der Waals surface area contributed by atoms with E-state index in [0.717, 1.165) is 17.1 Å². The fraction of sp³-hybridized carbons (Fsp3) is 0.0769. The molecule has 0 amide bonds. The van der Waals surface area contributed by atoms with Crippen molar-refractivity contribution in [2.45, 2.75) is 6.54 Å². The lowest BCUT2D eigenvalue weighted by molar-refractivity contribution is 0.476. The molecule has 16 heavy (non-hydrogen) atoms. The predicted molar refractivity (Wildman–Crippen MR) is 68.1 cm³/mol. The van der Waals surface area contributed by atoms with E-state index in [1.807, 2.05) is 54.6 Å². The average molecular weight is 236 g/mol. The van der Waals surface area contributed by atoms with E-state index >= 15 is 0 Å². The van der Waals surface area contributed by atoms with Crippen LogP contribution in [0.2, 0.25) is 0 Å². The van der Waals surface area contributed by atoms with E-state index in [4.69, 9.17) is 10.5 Å². The molecule has 2 rings (SSSR count). The highest BCUT2D eigenvalue weighted by Gasteiger charge is 2.01. The number of ether oxygens (including phenoxy) is 1. The monoisotopic (exact) mass is 235 g/mol. The Labute approximate surface area is 101 Å². The van der Waals surface area contributed by atoms with E-state index in [9.17, 15) is 0 Å². The standard InChI is InChI=1S/C13H13NO.ClH/c14-10-11-6-4-5-9-13(11)15-12-7-2-1-3-8-12;/h1-9H,10,14H2;1H. The third-order valence-electron chi connectivity index (χ3n) is 2.16. The van der Waals surface area contributed by atoms with Gasteiger partial charge in [-0.2, -0.15) is 0 Å². The van der Waals surface area contributed by atoms with Crippen molar-refractivity contribution in [1.82, 2.24) is 0 Å². The van der Waals surface area contributed by atoms with Crippen LogP contribution in [0.15, 0.2) is 54.6 Å². The number of hydrogen-bond acceptors (Lipinski definition) is 2. The molecule has 0 unspecified atom stereocenters. The molecule has 0 aliphatic rings. The Kier molecular flexibility index (Phi) is 4.83. The number of benzene rings is 2. The van der Waals surface area contributed by atoms with E-state index in [1.165, 1.54) is 0 Å². The number of nitrogens with two attached hydrogens (primary N) is 1. The summed E-state index contributed by atoms with van der Waals surface area (Å²) in [6.07, 6.45) is 0. The van der Waals surface area contributed by atoms with Crippen molar-refractivity contribution in [2.75, 3.05) is 0 Å². The molecule has 0 heterocycles. The molecule has 2 aromatic carbocycles. The summed E-state index contributed by atoms with van der Waals surface area (Å²) >= 11 is 0. The van der Waals surface area contributed by atoms with Gasteiger partial charge in [0.25, 0.3) is 0 Å². The van der Waals surface area contributed by atoms with Crippen molar-refractivity contribution in [3.8, 4) is 11.5 Å². The molecular weight excluding hydrogens is 222 g/mol. The van der Waals surface area contributed by atoms with Crippen molar-refractivity contribution < 1.29 is 4.74 Å². The van der Waals surface area contributed by atoms with Crippen molar-refractivity contribution >= 4 is 12.4 Å². The van der Waals surface area contributed by atoms with Gasteiger partial charge in [-0.3, -0.25) is 0 Å². The predicted octanol–water partition coefficient (Wildman–Crippen LogP) is 3.36. The van der Waals surface area contributed by atoms with Gasteiger partial charge in [0.05, 0.1) is 0 Å². The summed E-state index contributed by atoms with van der Waals surface area (Å²) in [5, 5.41) is 0. The quantitative estimate of drug-likeness (QED) is 0.886. The zero-order valence-electron chi connectivity index (χ0n) is 8.80. The summed E-state index contributed by atoms with van der Waals surface area (Å²) < 4.78 is 5.72. The molecule has 0 aromatic heterocycles. The smallest absolute Gasteiger partial charge is 0.131 e. The molecule has 0 spiro atoms. The lowest BCUT2D eigenvalue weighted by Gasteiger charge is -2.09. The van der Waals surface area contributed by atoms with E-state index < -0.39 is 0 Å². The average Bonchev–Trinajstić information content (AvgIpc) is 2.31. The zero-order chi connectivity index (χ0) is 10.5. The summed E-state index contributed by atoms with van der Waals surface area (Å²) in [4.78, 5) is 0. The number of hydrogen-bond donors (Lipinski definition) is 1. The van der Waals surface area contributed by atoms with Crippen LogP contribution in [0.4, 0.5) is 0 Å². The summed E-state index contributed by atoms with van der Waals surface area (Å²) in [7, 11) is 0. The maximum atomic E-state index is 5.72. The van der Waals surface area contributed by atoms with E-state index in [2.05, 4.69) is 0 Å². The largest absolute Gasteiger partial charge is 0.457 e. The van der Waals surface area contributed by atoms with Crippen LogP contribution >= 0.6 is 12.4 Å². The van der Waals surface area contributed by atoms with Gasteiger partial charge in [-0.05, 0) is 18.2 Å². The molecule has 0 aliphatic carbocycles. The minimum Gasteiger partial charge on any atom is -0.457 e. The van der Waals surface area contributed by atoms with Gasteiger partial charge in [0, 0.05) is 12.1 Å². The van der Waals surface area contributed by atoms with Crippen LogP contribution in [-0.2, 0) is 6.54 Å². The van der Waals surface area contributed by atoms with Gasteiger partial charge in [0.15, 0.2) is 0 Å². The van der Waals surface area contributed by atoms with Gasteiger partial charge in [0.2, 0.25) is 0 Å². The number of rotatable bonds is 3. The molecule has 0 bridgehead atoms. The second-order valence-corrected chi connectivity index (χ2v) is 3.23. The topological polar surface area (TPSA) is 35.2 Å². The summed E-state index contributed by atoms with van der Waals surface area (Å²) in [5.74, 6) is 1.66. The molecule has 0 atom stereocenters. The first-order valence-electron chi connectivity index (χ1n) is 4.91. The highest BCUT2D eigenvalue weighted by atomic mass is 35.5. The number of halogens is 1. The van der Waals surface area contributed by atoms with Crippen LogP contribution in [-0.4, -0.2) is 0 Å². The first-order chi connectivity index (χ1) is 7.40. The van der Waals surface area contributed by atoms with Gasteiger partial charge < -0.3 is 10.5 Å². The van der Waals surface area contributed by atoms with E-state index in [-0.39, 0.29) is 12.4 Å². The van der Waals surface area contributed by atoms with E-state index in [1.54, 1.807) is 0 Å². The molecule has 2 nitrogen and oxygen atoms in total. The Bertz CT molecular complexity index is 431. The Morgan fingerprint density at radius 2 is 1.50 bits per heavy atom. The van der Waals surface area contributed by atoms with Crippen LogP contribution in [0.5, 0.6) is 11.5 Å². The van der Waals surface area contributed by atoms with Crippen LogP contribution in [0, 0.1) is 0 Å². The molecule has 84 valence electrons. The van der Waals surface area contributed by atoms with Gasteiger partial charge >= 0.3 is 0 Å². The van der Waals surface area contributed by atoms with Gasteiger partial charge in [-0.1, -0.05) is 36.4 Å². The third-order valence-corrected chi connectivity index (χ3v) is 2.16.